The van der Waals surface area contributed by atoms with Gasteiger partial charge in [0.05, 0.1) is 0 Å². The van der Waals surface area contributed by atoms with Crippen molar-refractivity contribution in [2.75, 3.05) is 26.2 Å². The van der Waals surface area contributed by atoms with Gasteiger partial charge in [0.2, 0.25) is 0 Å². The van der Waals surface area contributed by atoms with Gasteiger partial charge in [0.25, 0.3) is 0 Å². The van der Waals surface area contributed by atoms with E-state index >= 15 is 0 Å². The van der Waals surface area contributed by atoms with E-state index in [1.807, 2.05) is 0 Å². The molecule has 2 aliphatic rings. The van der Waals surface area contributed by atoms with Gasteiger partial charge in [-0.05, 0) is 62.8 Å². The Bertz CT molecular complexity index is 291. The predicted molar refractivity (Wildman–Crippen MR) is 89.4 cm³/mol. The Morgan fingerprint density at radius 2 is 2.00 bits per heavy atom. The number of hydrogen-bond acceptors (Lipinski definition) is 3. The molecule has 0 amide bonds. The van der Waals surface area contributed by atoms with Crippen LogP contribution in [0.25, 0.3) is 0 Å². The van der Waals surface area contributed by atoms with Crippen molar-refractivity contribution in [3.8, 4) is 0 Å². The van der Waals surface area contributed by atoms with Crippen LogP contribution in [0.15, 0.2) is 0 Å². The van der Waals surface area contributed by atoms with E-state index in [0.29, 0.717) is 18.6 Å². The summed E-state index contributed by atoms with van der Waals surface area (Å²) in [7, 11) is 0. The molecule has 1 aliphatic carbocycles. The average molecular weight is 296 g/mol. The number of aliphatic hydroxyl groups is 1. The van der Waals surface area contributed by atoms with Crippen LogP contribution in [0.4, 0.5) is 0 Å². The number of nitrogens with zero attached hydrogens (tertiary/aromatic N) is 1. The summed E-state index contributed by atoms with van der Waals surface area (Å²) < 4.78 is 0. The Morgan fingerprint density at radius 1 is 1.24 bits per heavy atom. The van der Waals surface area contributed by atoms with Gasteiger partial charge >= 0.3 is 0 Å². The molecule has 0 aromatic heterocycles. The molecule has 3 nitrogen and oxygen atoms in total. The van der Waals surface area contributed by atoms with Crippen LogP contribution in [0.2, 0.25) is 0 Å². The molecular weight excluding hydrogens is 260 g/mol. The highest BCUT2D eigenvalue weighted by atomic mass is 16.3. The van der Waals surface area contributed by atoms with E-state index in [1.54, 1.807) is 0 Å². The molecule has 2 rings (SSSR count). The number of piperidine rings is 1. The summed E-state index contributed by atoms with van der Waals surface area (Å²) in [5.41, 5.74) is 0. The third kappa shape index (κ3) is 5.54. The summed E-state index contributed by atoms with van der Waals surface area (Å²) in [5.74, 6) is 2.41. The Balaban J connectivity index is 1.87. The monoisotopic (exact) mass is 296 g/mol. The molecule has 1 heterocycles. The minimum absolute atomic E-state index is 0.345. The van der Waals surface area contributed by atoms with E-state index in [0.717, 1.165) is 30.8 Å². The van der Waals surface area contributed by atoms with Gasteiger partial charge in [-0.15, -0.1) is 0 Å². The zero-order valence-electron chi connectivity index (χ0n) is 14.4. The fraction of sp³-hybridized carbons (Fsp3) is 1.00. The molecule has 0 spiro atoms. The number of rotatable bonds is 9. The second-order valence-corrected chi connectivity index (χ2v) is 7.71. The molecule has 3 heteroatoms. The molecule has 3 unspecified atom stereocenters. The van der Waals surface area contributed by atoms with Gasteiger partial charge in [0.15, 0.2) is 0 Å². The van der Waals surface area contributed by atoms with Crippen molar-refractivity contribution in [1.29, 1.82) is 0 Å². The van der Waals surface area contributed by atoms with Crippen molar-refractivity contribution in [2.45, 2.75) is 71.4 Å². The molecule has 1 aliphatic heterocycles. The first-order valence-electron chi connectivity index (χ1n) is 9.22. The maximum Gasteiger partial charge on any atom is 0.0434 e. The Labute approximate surface area is 131 Å². The van der Waals surface area contributed by atoms with Gasteiger partial charge in [-0.25, -0.2) is 0 Å². The van der Waals surface area contributed by atoms with Crippen molar-refractivity contribution in [2.24, 2.45) is 17.8 Å². The fourth-order valence-electron chi connectivity index (χ4n) is 4.00. The average Bonchev–Trinajstić information content (AvgIpc) is 3.24. The van der Waals surface area contributed by atoms with Crippen LogP contribution >= 0.6 is 0 Å². The Kier molecular flexibility index (Phi) is 6.97. The van der Waals surface area contributed by atoms with Crippen LogP contribution in [0.5, 0.6) is 0 Å². The molecule has 2 N–H and O–H groups in total. The van der Waals surface area contributed by atoms with Gasteiger partial charge in [-0.2, -0.15) is 0 Å². The number of likely N-dealkylation sites (tertiary alicyclic amines) is 1. The van der Waals surface area contributed by atoms with Crippen molar-refractivity contribution in [1.82, 2.24) is 10.2 Å². The van der Waals surface area contributed by atoms with Gasteiger partial charge in [0, 0.05) is 31.8 Å². The van der Waals surface area contributed by atoms with Crippen molar-refractivity contribution in [3.05, 3.63) is 0 Å². The first-order valence-corrected chi connectivity index (χ1v) is 9.22. The molecule has 1 saturated heterocycles. The highest BCUT2D eigenvalue weighted by molar-refractivity contribution is 4.93. The van der Waals surface area contributed by atoms with Crippen molar-refractivity contribution in [3.63, 3.8) is 0 Å². The molecule has 2 fully saturated rings. The van der Waals surface area contributed by atoms with Crippen LogP contribution in [-0.4, -0.2) is 48.3 Å². The lowest BCUT2D eigenvalue weighted by molar-refractivity contribution is 0.0729. The van der Waals surface area contributed by atoms with E-state index in [4.69, 9.17) is 0 Å². The zero-order chi connectivity index (χ0) is 15.2. The predicted octanol–water partition coefficient (Wildman–Crippen LogP) is 2.88. The largest absolute Gasteiger partial charge is 0.396 e. The second-order valence-electron chi connectivity index (χ2n) is 7.71. The minimum atomic E-state index is 0.345. The van der Waals surface area contributed by atoms with Gasteiger partial charge in [0.1, 0.15) is 0 Å². The minimum Gasteiger partial charge on any atom is -0.396 e. The molecule has 0 aromatic carbocycles. The molecule has 124 valence electrons. The Morgan fingerprint density at radius 3 is 2.57 bits per heavy atom. The van der Waals surface area contributed by atoms with Gasteiger partial charge in [-0.1, -0.05) is 20.8 Å². The van der Waals surface area contributed by atoms with Crippen molar-refractivity contribution >= 4 is 0 Å². The summed E-state index contributed by atoms with van der Waals surface area (Å²) in [6.07, 6.45) is 7.64. The summed E-state index contributed by atoms with van der Waals surface area (Å²) >= 11 is 0. The molecule has 0 bridgehead atoms. The molecule has 1 saturated carbocycles. The van der Waals surface area contributed by atoms with Crippen LogP contribution in [0.3, 0.4) is 0 Å². The molecule has 0 aromatic rings. The first kappa shape index (κ1) is 17.2. The quantitative estimate of drug-likeness (QED) is 0.687. The van der Waals surface area contributed by atoms with E-state index in [-0.39, 0.29) is 0 Å². The van der Waals surface area contributed by atoms with Crippen LogP contribution in [-0.2, 0) is 0 Å². The zero-order valence-corrected chi connectivity index (χ0v) is 14.4. The molecule has 3 atom stereocenters. The third-order valence-electron chi connectivity index (χ3n) is 5.31. The lowest BCUT2D eigenvalue weighted by Crippen LogP contribution is -2.53. The lowest BCUT2D eigenvalue weighted by Gasteiger charge is -2.42. The highest BCUT2D eigenvalue weighted by Crippen LogP contribution is 2.38. The number of hydrogen-bond donors (Lipinski definition) is 2. The number of aliphatic hydroxyl groups excluding tert-OH is 1. The fourth-order valence-corrected chi connectivity index (χ4v) is 4.00. The maximum atomic E-state index is 9.32. The van der Waals surface area contributed by atoms with E-state index in [1.165, 1.54) is 45.2 Å². The summed E-state index contributed by atoms with van der Waals surface area (Å²) in [6, 6.07) is 1.42. The molecule has 0 radical (unpaired) electrons. The standard InChI is InChI=1S/C18H36N2O/c1-4-18(16-5-6-16)20-12-15(8-10-21)11-17(13-20)19-9-7-14(2)3/h14-19,21H,4-13H2,1-3H3. The lowest BCUT2D eigenvalue weighted by atomic mass is 9.89. The van der Waals surface area contributed by atoms with Gasteiger partial charge in [-0.3, -0.25) is 4.90 Å². The molecular formula is C18H36N2O. The summed E-state index contributed by atoms with van der Waals surface area (Å²) in [6.45, 7) is 10.8. The number of nitrogens with one attached hydrogen (secondary N) is 1. The normalized spacial score (nSPS) is 29.0. The van der Waals surface area contributed by atoms with E-state index in [2.05, 4.69) is 31.0 Å². The topological polar surface area (TPSA) is 35.5 Å². The van der Waals surface area contributed by atoms with Crippen molar-refractivity contribution < 1.29 is 5.11 Å². The maximum absolute atomic E-state index is 9.32. The van der Waals surface area contributed by atoms with Crippen LogP contribution < -0.4 is 5.32 Å². The molecule has 21 heavy (non-hydrogen) atoms. The van der Waals surface area contributed by atoms with Crippen LogP contribution in [0.1, 0.15) is 59.3 Å². The summed E-state index contributed by atoms with van der Waals surface area (Å²) in [5, 5.41) is 13.1. The summed E-state index contributed by atoms with van der Waals surface area (Å²) in [4.78, 5) is 2.74. The van der Waals surface area contributed by atoms with Crippen LogP contribution in [0, 0.1) is 17.8 Å². The Hall–Kier alpha value is -0.120. The third-order valence-corrected chi connectivity index (χ3v) is 5.31. The van der Waals surface area contributed by atoms with Gasteiger partial charge < -0.3 is 10.4 Å². The first-order chi connectivity index (χ1) is 10.1. The SMILES string of the molecule is CCC(C1CC1)N1CC(CCO)CC(NCCC(C)C)C1. The highest BCUT2D eigenvalue weighted by Gasteiger charge is 2.37. The van der Waals surface area contributed by atoms with E-state index < -0.39 is 0 Å². The smallest absolute Gasteiger partial charge is 0.0434 e. The second kappa shape index (κ2) is 8.50. The van der Waals surface area contributed by atoms with E-state index in [9.17, 15) is 5.11 Å².